The number of H-pyrrole nitrogens is 1. The molecular formula is C8H10N2O4. The van der Waals surface area contributed by atoms with E-state index in [-0.39, 0.29) is 18.5 Å². The first-order chi connectivity index (χ1) is 6.50. The third-order valence-electron chi connectivity index (χ3n) is 1.81. The van der Waals surface area contributed by atoms with Gasteiger partial charge in [0.15, 0.2) is 0 Å². The molecule has 0 aliphatic rings. The van der Waals surface area contributed by atoms with Crippen molar-refractivity contribution in [3.8, 4) is 0 Å². The molecule has 0 fully saturated rings. The van der Waals surface area contributed by atoms with Crippen molar-refractivity contribution in [2.24, 2.45) is 0 Å². The van der Waals surface area contributed by atoms with Crippen LogP contribution >= 0.6 is 0 Å². The summed E-state index contributed by atoms with van der Waals surface area (Å²) in [5.41, 5.74) is 1.35. The maximum absolute atomic E-state index is 10.5. The van der Waals surface area contributed by atoms with Gasteiger partial charge in [-0.3, -0.25) is 14.7 Å². The second-order valence-electron chi connectivity index (χ2n) is 2.91. The molecule has 0 atom stereocenters. The summed E-state index contributed by atoms with van der Waals surface area (Å²) in [6.45, 7) is 1.66. The van der Waals surface area contributed by atoms with Gasteiger partial charge in [0.1, 0.15) is 0 Å². The Morgan fingerprint density at radius 3 is 2.36 bits per heavy atom. The highest BCUT2D eigenvalue weighted by molar-refractivity contribution is 5.74. The molecule has 0 amide bonds. The van der Waals surface area contributed by atoms with E-state index in [4.69, 9.17) is 10.2 Å². The van der Waals surface area contributed by atoms with Gasteiger partial charge in [-0.05, 0) is 6.92 Å². The van der Waals surface area contributed by atoms with E-state index in [0.29, 0.717) is 11.3 Å². The van der Waals surface area contributed by atoms with E-state index < -0.39 is 11.9 Å². The van der Waals surface area contributed by atoms with Crippen LogP contribution in [0.1, 0.15) is 17.0 Å². The van der Waals surface area contributed by atoms with Crippen LogP contribution in [-0.4, -0.2) is 32.3 Å². The third-order valence-corrected chi connectivity index (χ3v) is 1.81. The molecule has 0 aliphatic heterocycles. The summed E-state index contributed by atoms with van der Waals surface area (Å²) in [5.74, 6) is -2.02. The topological polar surface area (TPSA) is 103 Å². The standard InChI is InChI=1S/C8H10N2O4/c1-4-5(2-7(11)12)6(10-9-4)3-8(13)14/h2-3H2,1H3,(H,9,10)(H,11,12)(H,13,14). The molecule has 1 heterocycles. The van der Waals surface area contributed by atoms with E-state index in [2.05, 4.69) is 10.2 Å². The Hall–Kier alpha value is -1.85. The minimum Gasteiger partial charge on any atom is -0.481 e. The number of aryl methyl sites for hydroxylation is 1. The predicted octanol–water partition coefficient (Wildman–Crippen LogP) is -0.0277. The van der Waals surface area contributed by atoms with Gasteiger partial charge < -0.3 is 10.2 Å². The molecule has 14 heavy (non-hydrogen) atoms. The first kappa shape index (κ1) is 10.2. The Morgan fingerprint density at radius 2 is 1.86 bits per heavy atom. The zero-order valence-electron chi connectivity index (χ0n) is 7.57. The van der Waals surface area contributed by atoms with Crippen LogP contribution in [0.2, 0.25) is 0 Å². The molecule has 1 rings (SSSR count). The molecule has 1 aromatic heterocycles. The van der Waals surface area contributed by atoms with E-state index in [1.54, 1.807) is 6.92 Å². The number of hydrogen-bond donors (Lipinski definition) is 3. The van der Waals surface area contributed by atoms with Crippen molar-refractivity contribution in [3.63, 3.8) is 0 Å². The van der Waals surface area contributed by atoms with Gasteiger partial charge in [0, 0.05) is 11.3 Å². The molecule has 0 unspecified atom stereocenters. The summed E-state index contributed by atoms with van der Waals surface area (Å²) in [4.78, 5) is 20.9. The largest absolute Gasteiger partial charge is 0.481 e. The monoisotopic (exact) mass is 198 g/mol. The molecule has 0 aromatic carbocycles. The minimum absolute atomic E-state index is 0.203. The summed E-state index contributed by atoms with van der Waals surface area (Å²) in [7, 11) is 0. The molecule has 0 saturated heterocycles. The van der Waals surface area contributed by atoms with Crippen LogP contribution in [0.5, 0.6) is 0 Å². The van der Waals surface area contributed by atoms with E-state index >= 15 is 0 Å². The molecular weight excluding hydrogens is 188 g/mol. The summed E-state index contributed by atoms with van der Waals surface area (Å²) in [6.07, 6.45) is -0.460. The van der Waals surface area contributed by atoms with Gasteiger partial charge >= 0.3 is 11.9 Å². The zero-order chi connectivity index (χ0) is 10.7. The van der Waals surface area contributed by atoms with Crippen molar-refractivity contribution in [2.75, 3.05) is 0 Å². The van der Waals surface area contributed by atoms with Crippen LogP contribution in [0.25, 0.3) is 0 Å². The Bertz CT molecular complexity index is 369. The molecule has 0 radical (unpaired) electrons. The average Bonchev–Trinajstić information content (AvgIpc) is 2.34. The van der Waals surface area contributed by atoms with Crippen molar-refractivity contribution >= 4 is 11.9 Å². The number of carboxylic acids is 2. The fourth-order valence-electron chi connectivity index (χ4n) is 1.18. The van der Waals surface area contributed by atoms with Crippen LogP contribution in [0.4, 0.5) is 0 Å². The van der Waals surface area contributed by atoms with Gasteiger partial charge in [-0.25, -0.2) is 0 Å². The van der Waals surface area contributed by atoms with Gasteiger partial charge in [-0.1, -0.05) is 0 Å². The number of aromatic nitrogens is 2. The highest BCUT2D eigenvalue weighted by Gasteiger charge is 2.15. The molecule has 0 spiro atoms. The number of nitrogens with one attached hydrogen (secondary N) is 1. The van der Waals surface area contributed by atoms with Crippen LogP contribution in [0.3, 0.4) is 0 Å². The smallest absolute Gasteiger partial charge is 0.309 e. The SMILES string of the molecule is Cc1[nH]nc(CC(=O)O)c1CC(=O)O. The Labute approximate surface area is 79.6 Å². The fraction of sp³-hybridized carbons (Fsp3) is 0.375. The van der Waals surface area contributed by atoms with Gasteiger partial charge in [-0.2, -0.15) is 5.10 Å². The van der Waals surface area contributed by atoms with Crippen molar-refractivity contribution in [3.05, 3.63) is 17.0 Å². The number of nitrogens with zero attached hydrogens (tertiary/aromatic N) is 1. The van der Waals surface area contributed by atoms with Crippen molar-refractivity contribution in [2.45, 2.75) is 19.8 Å². The maximum atomic E-state index is 10.5. The Balaban J connectivity index is 2.93. The maximum Gasteiger partial charge on any atom is 0.309 e. The minimum atomic E-state index is -1.02. The lowest BCUT2D eigenvalue weighted by atomic mass is 10.1. The number of aromatic amines is 1. The second kappa shape index (κ2) is 3.91. The molecule has 6 nitrogen and oxygen atoms in total. The number of rotatable bonds is 4. The van der Waals surface area contributed by atoms with Crippen LogP contribution in [0.15, 0.2) is 0 Å². The molecule has 1 aromatic rings. The third kappa shape index (κ3) is 2.32. The average molecular weight is 198 g/mol. The van der Waals surface area contributed by atoms with Gasteiger partial charge in [0.25, 0.3) is 0 Å². The van der Waals surface area contributed by atoms with Crippen LogP contribution < -0.4 is 0 Å². The van der Waals surface area contributed by atoms with E-state index in [0.717, 1.165) is 0 Å². The molecule has 0 aliphatic carbocycles. The zero-order valence-corrected chi connectivity index (χ0v) is 7.57. The van der Waals surface area contributed by atoms with Gasteiger partial charge in [0.05, 0.1) is 18.5 Å². The fourth-order valence-corrected chi connectivity index (χ4v) is 1.18. The molecule has 0 bridgehead atoms. The first-order valence-electron chi connectivity index (χ1n) is 3.97. The highest BCUT2D eigenvalue weighted by Crippen LogP contribution is 2.11. The summed E-state index contributed by atoms with van der Waals surface area (Å²) >= 11 is 0. The summed E-state index contributed by atoms with van der Waals surface area (Å²) in [6, 6.07) is 0. The van der Waals surface area contributed by atoms with Crippen molar-refractivity contribution in [1.82, 2.24) is 10.2 Å². The molecule has 3 N–H and O–H groups in total. The molecule has 76 valence electrons. The molecule has 6 heteroatoms. The normalized spacial score (nSPS) is 10.1. The van der Waals surface area contributed by atoms with Gasteiger partial charge in [0.2, 0.25) is 0 Å². The highest BCUT2D eigenvalue weighted by atomic mass is 16.4. The number of carbonyl (C=O) groups is 2. The van der Waals surface area contributed by atoms with Crippen molar-refractivity contribution < 1.29 is 19.8 Å². The first-order valence-corrected chi connectivity index (χ1v) is 3.97. The lowest BCUT2D eigenvalue weighted by Crippen LogP contribution is -2.07. The van der Waals surface area contributed by atoms with E-state index in [9.17, 15) is 9.59 Å². The molecule has 0 saturated carbocycles. The lowest BCUT2D eigenvalue weighted by molar-refractivity contribution is -0.137. The van der Waals surface area contributed by atoms with E-state index in [1.165, 1.54) is 0 Å². The number of aliphatic carboxylic acids is 2. The van der Waals surface area contributed by atoms with Crippen molar-refractivity contribution in [1.29, 1.82) is 0 Å². The van der Waals surface area contributed by atoms with Gasteiger partial charge in [-0.15, -0.1) is 0 Å². The second-order valence-corrected chi connectivity index (χ2v) is 2.91. The predicted molar refractivity (Wildman–Crippen MR) is 46.0 cm³/mol. The quantitative estimate of drug-likeness (QED) is 0.630. The van der Waals surface area contributed by atoms with Crippen LogP contribution in [-0.2, 0) is 22.4 Å². The number of carboxylic acid groups (broad SMARTS) is 2. The van der Waals surface area contributed by atoms with E-state index in [1.807, 2.05) is 0 Å². The number of hydrogen-bond acceptors (Lipinski definition) is 3. The summed E-state index contributed by atoms with van der Waals surface area (Å²) in [5, 5.41) is 23.4. The summed E-state index contributed by atoms with van der Waals surface area (Å²) < 4.78 is 0. The Kier molecular flexibility index (Phi) is 2.85. The Morgan fingerprint density at radius 1 is 1.29 bits per heavy atom. The lowest BCUT2D eigenvalue weighted by Gasteiger charge is -1.97. The van der Waals surface area contributed by atoms with Crippen LogP contribution in [0, 0.1) is 6.92 Å².